The number of ether oxygens (including phenoxy) is 2. The summed E-state index contributed by atoms with van der Waals surface area (Å²) in [4.78, 5) is 5.16. The molecule has 3 aliphatic rings. The topological polar surface area (TPSA) is 24.9 Å². The van der Waals surface area contributed by atoms with E-state index in [1.54, 1.807) is 0 Å². The molecule has 4 heteroatoms. The molecule has 126 valence electrons. The van der Waals surface area contributed by atoms with Crippen molar-refractivity contribution in [3.8, 4) is 0 Å². The Morgan fingerprint density at radius 3 is 2.04 bits per heavy atom. The van der Waals surface area contributed by atoms with Gasteiger partial charge in [-0.2, -0.15) is 0 Å². The van der Waals surface area contributed by atoms with Crippen molar-refractivity contribution in [2.75, 3.05) is 46.4 Å². The minimum absolute atomic E-state index is 0.156. The van der Waals surface area contributed by atoms with Gasteiger partial charge in [0.05, 0.1) is 13.2 Å². The van der Waals surface area contributed by atoms with Gasteiger partial charge in [-0.05, 0) is 25.5 Å². The molecule has 1 aromatic carbocycles. The van der Waals surface area contributed by atoms with E-state index >= 15 is 0 Å². The second kappa shape index (κ2) is 6.17. The van der Waals surface area contributed by atoms with Crippen LogP contribution in [0.15, 0.2) is 30.3 Å². The van der Waals surface area contributed by atoms with E-state index in [1.165, 1.54) is 5.56 Å². The van der Waals surface area contributed by atoms with Gasteiger partial charge in [-0.15, -0.1) is 0 Å². The minimum atomic E-state index is -0.287. The van der Waals surface area contributed by atoms with Crippen LogP contribution in [0.25, 0.3) is 0 Å². The highest BCUT2D eigenvalue weighted by molar-refractivity contribution is 5.26. The number of likely N-dealkylation sites (N-methyl/N-ethyl adjacent to an activating group) is 1. The third-order valence-electron chi connectivity index (χ3n) is 6.07. The molecule has 0 bridgehead atoms. The SMILES string of the molecule is CN1CCN(C2(c3ccccc3)CCC3(CC2)OCCO3)CC1. The standard InChI is InChI=1S/C19H28N2O2/c1-20-11-13-21(14-12-20)18(17-5-3-2-4-6-17)7-9-19(10-8-18)22-15-16-23-19/h2-6H,7-16H2,1H3. The van der Waals surface area contributed by atoms with E-state index in [9.17, 15) is 0 Å². The quantitative estimate of drug-likeness (QED) is 0.837. The van der Waals surface area contributed by atoms with Crippen LogP contribution >= 0.6 is 0 Å². The zero-order valence-corrected chi connectivity index (χ0v) is 14.2. The van der Waals surface area contributed by atoms with Gasteiger partial charge in [0.2, 0.25) is 0 Å². The van der Waals surface area contributed by atoms with Crippen molar-refractivity contribution in [2.45, 2.75) is 37.0 Å². The Morgan fingerprint density at radius 2 is 1.43 bits per heavy atom. The van der Waals surface area contributed by atoms with E-state index in [0.29, 0.717) is 0 Å². The molecule has 2 saturated heterocycles. The Kier molecular flexibility index (Phi) is 4.18. The molecular weight excluding hydrogens is 288 g/mol. The van der Waals surface area contributed by atoms with E-state index in [0.717, 1.165) is 65.1 Å². The maximum absolute atomic E-state index is 5.97. The van der Waals surface area contributed by atoms with Crippen LogP contribution in [0.5, 0.6) is 0 Å². The molecular formula is C19H28N2O2. The second-order valence-electron chi connectivity index (χ2n) is 7.30. The van der Waals surface area contributed by atoms with Crippen molar-refractivity contribution >= 4 is 0 Å². The molecule has 0 amide bonds. The maximum Gasteiger partial charge on any atom is 0.168 e. The molecule has 0 N–H and O–H groups in total. The van der Waals surface area contributed by atoms with Crippen molar-refractivity contribution in [1.29, 1.82) is 0 Å². The number of nitrogens with zero attached hydrogens (tertiary/aromatic N) is 2. The van der Waals surface area contributed by atoms with Gasteiger partial charge in [-0.3, -0.25) is 4.90 Å². The normalized spacial score (nSPS) is 28.2. The van der Waals surface area contributed by atoms with Crippen LogP contribution in [0.4, 0.5) is 0 Å². The summed E-state index contributed by atoms with van der Waals surface area (Å²) in [5.41, 5.74) is 1.63. The van der Waals surface area contributed by atoms with Crippen molar-refractivity contribution in [1.82, 2.24) is 9.80 Å². The Balaban J connectivity index is 1.60. The summed E-state index contributed by atoms with van der Waals surface area (Å²) in [5.74, 6) is -0.287. The third kappa shape index (κ3) is 2.82. The van der Waals surface area contributed by atoms with Crippen LogP contribution < -0.4 is 0 Å². The monoisotopic (exact) mass is 316 g/mol. The predicted octanol–water partition coefficient (Wildman–Crippen LogP) is 2.45. The zero-order valence-electron chi connectivity index (χ0n) is 14.2. The lowest BCUT2D eigenvalue weighted by atomic mass is 9.72. The minimum Gasteiger partial charge on any atom is -0.348 e. The van der Waals surface area contributed by atoms with E-state index < -0.39 is 0 Å². The molecule has 1 aliphatic carbocycles. The molecule has 0 atom stereocenters. The van der Waals surface area contributed by atoms with Crippen molar-refractivity contribution in [3.05, 3.63) is 35.9 Å². The van der Waals surface area contributed by atoms with Gasteiger partial charge in [0, 0.05) is 44.6 Å². The first-order chi connectivity index (χ1) is 11.2. The Morgan fingerprint density at radius 1 is 0.826 bits per heavy atom. The van der Waals surface area contributed by atoms with Crippen LogP contribution in [0.3, 0.4) is 0 Å². The highest BCUT2D eigenvalue weighted by Crippen LogP contribution is 2.48. The average molecular weight is 316 g/mol. The third-order valence-corrected chi connectivity index (χ3v) is 6.07. The fraction of sp³-hybridized carbons (Fsp3) is 0.684. The lowest BCUT2D eigenvalue weighted by Gasteiger charge is -2.52. The summed E-state index contributed by atoms with van der Waals surface area (Å²) in [6.45, 7) is 6.14. The molecule has 3 fully saturated rings. The first kappa shape index (κ1) is 15.6. The zero-order chi connectivity index (χ0) is 15.8. The fourth-order valence-corrected chi connectivity index (χ4v) is 4.60. The van der Waals surface area contributed by atoms with Crippen LogP contribution in [0.2, 0.25) is 0 Å². The number of hydrogen-bond acceptors (Lipinski definition) is 4. The van der Waals surface area contributed by atoms with E-state index in [-0.39, 0.29) is 11.3 Å². The second-order valence-corrected chi connectivity index (χ2v) is 7.30. The molecule has 2 aliphatic heterocycles. The van der Waals surface area contributed by atoms with Crippen LogP contribution in [0.1, 0.15) is 31.2 Å². The summed E-state index contributed by atoms with van der Waals surface area (Å²) in [5, 5.41) is 0. The lowest BCUT2D eigenvalue weighted by Crippen LogP contribution is -2.57. The number of hydrogen-bond donors (Lipinski definition) is 0. The lowest BCUT2D eigenvalue weighted by molar-refractivity contribution is -0.197. The van der Waals surface area contributed by atoms with Crippen LogP contribution in [-0.4, -0.2) is 62.0 Å². The fourth-order valence-electron chi connectivity index (χ4n) is 4.60. The number of piperazine rings is 1. The van der Waals surface area contributed by atoms with Crippen LogP contribution in [0, 0.1) is 0 Å². The predicted molar refractivity (Wildman–Crippen MR) is 90.3 cm³/mol. The molecule has 0 unspecified atom stereocenters. The van der Waals surface area contributed by atoms with Crippen molar-refractivity contribution in [3.63, 3.8) is 0 Å². The van der Waals surface area contributed by atoms with Crippen molar-refractivity contribution < 1.29 is 9.47 Å². The van der Waals surface area contributed by atoms with Gasteiger partial charge in [0.15, 0.2) is 5.79 Å². The molecule has 23 heavy (non-hydrogen) atoms. The van der Waals surface area contributed by atoms with Gasteiger partial charge < -0.3 is 14.4 Å². The van der Waals surface area contributed by atoms with Gasteiger partial charge in [0.1, 0.15) is 0 Å². The van der Waals surface area contributed by atoms with Gasteiger partial charge in [0.25, 0.3) is 0 Å². The smallest absolute Gasteiger partial charge is 0.168 e. The highest BCUT2D eigenvalue weighted by atomic mass is 16.7. The molecule has 4 nitrogen and oxygen atoms in total. The summed E-state index contributed by atoms with van der Waals surface area (Å²) in [7, 11) is 2.22. The Bertz CT molecular complexity index is 509. The maximum atomic E-state index is 5.97. The molecule has 1 aromatic rings. The number of benzene rings is 1. The Hall–Kier alpha value is -0.940. The first-order valence-corrected chi connectivity index (χ1v) is 9.00. The Labute approximate surface area is 139 Å². The van der Waals surface area contributed by atoms with Gasteiger partial charge in [-0.25, -0.2) is 0 Å². The molecule has 0 radical (unpaired) electrons. The largest absolute Gasteiger partial charge is 0.348 e. The number of rotatable bonds is 2. The van der Waals surface area contributed by atoms with E-state index in [1.807, 2.05) is 0 Å². The van der Waals surface area contributed by atoms with E-state index in [4.69, 9.17) is 9.47 Å². The average Bonchev–Trinajstić information content (AvgIpc) is 3.06. The first-order valence-electron chi connectivity index (χ1n) is 9.00. The molecule has 1 saturated carbocycles. The van der Waals surface area contributed by atoms with Crippen molar-refractivity contribution in [2.24, 2.45) is 0 Å². The summed E-state index contributed by atoms with van der Waals surface area (Å²) in [6.07, 6.45) is 4.27. The molecule has 0 aromatic heterocycles. The highest BCUT2D eigenvalue weighted by Gasteiger charge is 2.49. The summed E-state index contributed by atoms with van der Waals surface area (Å²) >= 11 is 0. The molecule has 2 heterocycles. The summed E-state index contributed by atoms with van der Waals surface area (Å²) in [6, 6.07) is 11.1. The molecule has 1 spiro atoms. The van der Waals surface area contributed by atoms with E-state index in [2.05, 4.69) is 47.2 Å². The molecule has 4 rings (SSSR count). The van der Waals surface area contributed by atoms with Gasteiger partial charge >= 0.3 is 0 Å². The van der Waals surface area contributed by atoms with Crippen LogP contribution in [-0.2, 0) is 15.0 Å². The summed E-state index contributed by atoms with van der Waals surface area (Å²) < 4.78 is 11.9. The van der Waals surface area contributed by atoms with Gasteiger partial charge in [-0.1, -0.05) is 30.3 Å².